The van der Waals surface area contributed by atoms with Crippen molar-refractivity contribution in [2.75, 3.05) is 19.6 Å². The molecule has 0 bridgehead atoms. The van der Waals surface area contributed by atoms with Crippen molar-refractivity contribution >= 4 is 0 Å². The van der Waals surface area contributed by atoms with Crippen molar-refractivity contribution in [1.82, 2.24) is 4.90 Å². The maximum atomic E-state index is 5.61. The van der Waals surface area contributed by atoms with Gasteiger partial charge in [0.15, 0.2) is 0 Å². The van der Waals surface area contributed by atoms with Gasteiger partial charge in [0.25, 0.3) is 0 Å². The monoisotopic (exact) mass is 184 g/mol. The number of hydrogen-bond donors (Lipinski definition) is 1. The zero-order valence-electron chi connectivity index (χ0n) is 9.13. The highest BCUT2D eigenvalue weighted by Crippen LogP contribution is 2.20. The number of hydrogen-bond acceptors (Lipinski definition) is 2. The van der Waals surface area contributed by atoms with Crippen LogP contribution in [0, 0.1) is 5.92 Å². The van der Waals surface area contributed by atoms with Crippen molar-refractivity contribution in [3.8, 4) is 0 Å². The fourth-order valence-electron chi connectivity index (χ4n) is 2.16. The minimum atomic E-state index is 0.693. The van der Waals surface area contributed by atoms with Crippen molar-refractivity contribution in [2.45, 2.75) is 45.6 Å². The minimum Gasteiger partial charge on any atom is -0.330 e. The third-order valence-electron chi connectivity index (χ3n) is 3.28. The van der Waals surface area contributed by atoms with Crippen molar-refractivity contribution in [1.29, 1.82) is 0 Å². The standard InChI is InChI=1S/C11H24N2/c1-3-11-5-4-7-13(11)8-6-10(2)9-12/h10-11H,3-9,12H2,1-2H3. The topological polar surface area (TPSA) is 29.3 Å². The van der Waals surface area contributed by atoms with Gasteiger partial charge in [-0.15, -0.1) is 0 Å². The lowest BCUT2D eigenvalue weighted by Gasteiger charge is -2.24. The molecule has 1 fully saturated rings. The Morgan fingerprint density at radius 2 is 2.31 bits per heavy atom. The molecule has 2 unspecified atom stereocenters. The Morgan fingerprint density at radius 1 is 1.54 bits per heavy atom. The van der Waals surface area contributed by atoms with E-state index in [1.165, 1.54) is 38.8 Å². The number of nitrogens with zero attached hydrogens (tertiary/aromatic N) is 1. The molecule has 1 rings (SSSR count). The summed E-state index contributed by atoms with van der Waals surface area (Å²) in [5.74, 6) is 0.693. The van der Waals surface area contributed by atoms with E-state index in [1.54, 1.807) is 0 Å². The van der Waals surface area contributed by atoms with Gasteiger partial charge >= 0.3 is 0 Å². The van der Waals surface area contributed by atoms with Gasteiger partial charge in [0.05, 0.1) is 0 Å². The Morgan fingerprint density at radius 3 is 2.92 bits per heavy atom. The van der Waals surface area contributed by atoms with Gasteiger partial charge in [-0.2, -0.15) is 0 Å². The first-order chi connectivity index (χ1) is 6.27. The second-order valence-electron chi connectivity index (χ2n) is 4.37. The molecule has 2 heteroatoms. The van der Waals surface area contributed by atoms with Gasteiger partial charge in [0, 0.05) is 6.04 Å². The van der Waals surface area contributed by atoms with Crippen LogP contribution in [-0.4, -0.2) is 30.6 Å². The summed E-state index contributed by atoms with van der Waals surface area (Å²) in [6.45, 7) is 7.96. The summed E-state index contributed by atoms with van der Waals surface area (Å²) < 4.78 is 0. The maximum Gasteiger partial charge on any atom is 0.00931 e. The van der Waals surface area contributed by atoms with Crippen LogP contribution in [0.4, 0.5) is 0 Å². The lowest BCUT2D eigenvalue weighted by atomic mass is 10.1. The molecule has 1 saturated heterocycles. The first kappa shape index (κ1) is 11.0. The second-order valence-corrected chi connectivity index (χ2v) is 4.37. The van der Waals surface area contributed by atoms with Gasteiger partial charge in [-0.3, -0.25) is 0 Å². The molecule has 2 atom stereocenters. The molecule has 0 aliphatic carbocycles. The third-order valence-corrected chi connectivity index (χ3v) is 3.28. The predicted molar refractivity (Wildman–Crippen MR) is 57.7 cm³/mol. The molecule has 0 spiro atoms. The molecule has 0 radical (unpaired) electrons. The van der Waals surface area contributed by atoms with Crippen LogP contribution in [0.15, 0.2) is 0 Å². The van der Waals surface area contributed by atoms with Crippen molar-refractivity contribution in [2.24, 2.45) is 11.7 Å². The van der Waals surface area contributed by atoms with Crippen molar-refractivity contribution < 1.29 is 0 Å². The van der Waals surface area contributed by atoms with Crippen LogP contribution in [0.3, 0.4) is 0 Å². The van der Waals surface area contributed by atoms with Gasteiger partial charge in [-0.25, -0.2) is 0 Å². The molecular weight excluding hydrogens is 160 g/mol. The van der Waals surface area contributed by atoms with Gasteiger partial charge in [-0.1, -0.05) is 13.8 Å². The fourth-order valence-corrected chi connectivity index (χ4v) is 2.16. The largest absolute Gasteiger partial charge is 0.330 e. The van der Waals surface area contributed by atoms with Crippen molar-refractivity contribution in [3.63, 3.8) is 0 Å². The Kier molecular flexibility index (Phi) is 4.74. The van der Waals surface area contributed by atoms with Crippen LogP contribution < -0.4 is 5.73 Å². The normalized spacial score (nSPS) is 26.5. The third kappa shape index (κ3) is 3.28. The smallest absolute Gasteiger partial charge is 0.00931 e. The SMILES string of the molecule is CCC1CCCN1CCC(C)CN. The number of likely N-dealkylation sites (tertiary alicyclic amines) is 1. The predicted octanol–water partition coefficient (Wildman–Crippen LogP) is 1.85. The molecule has 1 aliphatic rings. The molecular formula is C11H24N2. The number of rotatable bonds is 5. The summed E-state index contributed by atoms with van der Waals surface area (Å²) in [5, 5.41) is 0. The Bertz CT molecular complexity index is 136. The molecule has 0 aromatic rings. The van der Waals surface area contributed by atoms with Crippen LogP contribution in [0.1, 0.15) is 39.5 Å². The molecule has 1 aliphatic heterocycles. The van der Waals surface area contributed by atoms with Gasteiger partial charge < -0.3 is 10.6 Å². The van der Waals surface area contributed by atoms with Gasteiger partial charge in [-0.05, 0) is 51.2 Å². The summed E-state index contributed by atoms with van der Waals surface area (Å²) in [6, 6.07) is 0.866. The van der Waals surface area contributed by atoms with Crippen LogP contribution in [-0.2, 0) is 0 Å². The molecule has 13 heavy (non-hydrogen) atoms. The zero-order chi connectivity index (χ0) is 9.68. The highest BCUT2D eigenvalue weighted by Gasteiger charge is 2.22. The summed E-state index contributed by atoms with van der Waals surface area (Å²) in [5.41, 5.74) is 5.61. The fraction of sp³-hybridized carbons (Fsp3) is 1.00. The lowest BCUT2D eigenvalue weighted by Crippen LogP contribution is -2.31. The van der Waals surface area contributed by atoms with E-state index in [2.05, 4.69) is 18.7 Å². The lowest BCUT2D eigenvalue weighted by molar-refractivity contribution is 0.233. The highest BCUT2D eigenvalue weighted by molar-refractivity contribution is 4.78. The molecule has 78 valence electrons. The van der Waals surface area contributed by atoms with Gasteiger partial charge in [0.2, 0.25) is 0 Å². The Balaban J connectivity index is 2.19. The highest BCUT2D eigenvalue weighted by atomic mass is 15.2. The summed E-state index contributed by atoms with van der Waals surface area (Å²) >= 11 is 0. The van der Waals surface area contributed by atoms with E-state index in [4.69, 9.17) is 5.73 Å². The molecule has 0 aromatic heterocycles. The van der Waals surface area contributed by atoms with E-state index < -0.39 is 0 Å². The second kappa shape index (κ2) is 5.61. The molecule has 0 aromatic carbocycles. The first-order valence-corrected chi connectivity index (χ1v) is 5.72. The molecule has 0 amide bonds. The quantitative estimate of drug-likeness (QED) is 0.706. The average molecular weight is 184 g/mol. The Labute approximate surface area is 82.5 Å². The molecule has 1 heterocycles. The minimum absolute atomic E-state index is 0.693. The average Bonchev–Trinajstić information content (AvgIpc) is 2.61. The Hall–Kier alpha value is -0.0800. The molecule has 2 nitrogen and oxygen atoms in total. The van der Waals surface area contributed by atoms with Crippen molar-refractivity contribution in [3.05, 3.63) is 0 Å². The number of nitrogens with two attached hydrogens (primary N) is 1. The van der Waals surface area contributed by atoms with E-state index in [9.17, 15) is 0 Å². The van der Waals surface area contributed by atoms with Crippen LogP contribution in [0.5, 0.6) is 0 Å². The summed E-state index contributed by atoms with van der Waals surface area (Å²) in [6.07, 6.45) is 5.40. The molecule has 0 saturated carbocycles. The van der Waals surface area contributed by atoms with E-state index in [-0.39, 0.29) is 0 Å². The van der Waals surface area contributed by atoms with E-state index in [0.717, 1.165) is 12.6 Å². The van der Waals surface area contributed by atoms with Crippen LogP contribution in [0.25, 0.3) is 0 Å². The zero-order valence-corrected chi connectivity index (χ0v) is 9.13. The van der Waals surface area contributed by atoms with Gasteiger partial charge in [0.1, 0.15) is 0 Å². The van der Waals surface area contributed by atoms with E-state index in [0.29, 0.717) is 5.92 Å². The summed E-state index contributed by atoms with van der Waals surface area (Å²) in [4.78, 5) is 2.64. The molecule has 2 N–H and O–H groups in total. The van der Waals surface area contributed by atoms with Crippen LogP contribution >= 0.6 is 0 Å². The summed E-state index contributed by atoms with van der Waals surface area (Å²) in [7, 11) is 0. The van der Waals surface area contributed by atoms with E-state index in [1.807, 2.05) is 0 Å². The van der Waals surface area contributed by atoms with Crippen LogP contribution in [0.2, 0.25) is 0 Å². The first-order valence-electron chi connectivity index (χ1n) is 5.72. The maximum absolute atomic E-state index is 5.61. The van der Waals surface area contributed by atoms with E-state index >= 15 is 0 Å².